The van der Waals surface area contributed by atoms with Crippen LogP contribution in [-0.4, -0.2) is 41.7 Å². The first-order valence-corrected chi connectivity index (χ1v) is 7.07. The molecular formula is C15H19N5O. The Labute approximate surface area is 124 Å². The van der Waals surface area contributed by atoms with Crippen LogP contribution in [0.5, 0.6) is 0 Å². The van der Waals surface area contributed by atoms with E-state index in [0.717, 1.165) is 36.1 Å². The Bertz CT molecular complexity index is 619. The predicted octanol–water partition coefficient (Wildman–Crippen LogP) is 1.80. The number of hydrogen-bond acceptors (Lipinski definition) is 6. The number of aryl methyl sites for hydroxylation is 1. The fourth-order valence-corrected chi connectivity index (χ4v) is 2.50. The second-order valence-corrected chi connectivity index (χ2v) is 4.98. The average molecular weight is 285 g/mol. The van der Waals surface area contributed by atoms with Crippen molar-refractivity contribution in [1.29, 1.82) is 0 Å². The monoisotopic (exact) mass is 285 g/mol. The van der Waals surface area contributed by atoms with Crippen LogP contribution >= 0.6 is 0 Å². The van der Waals surface area contributed by atoms with Crippen LogP contribution in [0.1, 0.15) is 17.5 Å². The standard InChI is InChI=1S/C15H19N5O/c1-11-4-3-5-13(19-11)20-8-9-21-12(10-20)14-15(16-2)18-7-6-17-14/h3-7,12H,8-10H2,1-2H3,(H,16,18)/t12-/m0/s1. The molecule has 110 valence electrons. The minimum atomic E-state index is -0.0998. The fourth-order valence-electron chi connectivity index (χ4n) is 2.50. The third kappa shape index (κ3) is 2.95. The smallest absolute Gasteiger partial charge is 0.150 e. The summed E-state index contributed by atoms with van der Waals surface area (Å²) in [6, 6.07) is 6.07. The Kier molecular flexibility index (Phi) is 3.96. The first-order valence-electron chi connectivity index (χ1n) is 7.07. The molecule has 1 saturated heterocycles. The first kappa shape index (κ1) is 13.8. The van der Waals surface area contributed by atoms with Gasteiger partial charge in [0.2, 0.25) is 0 Å². The Morgan fingerprint density at radius 3 is 2.95 bits per heavy atom. The molecule has 1 atom stereocenters. The van der Waals surface area contributed by atoms with Crippen molar-refractivity contribution >= 4 is 11.6 Å². The summed E-state index contributed by atoms with van der Waals surface area (Å²) in [5.41, 5.74) is 1.86. The molecule has 1 aliphatic rings. The number of ether oxygens (including phenoxy) is 1. The molecule has 3 heterocycles. The molecule has 0 bridgehead atoms. The number of nitrogens with one attached hydrogen (secondary N) is 1. The SMILES string of the molecule is CNc1nccnc1[C@@H]1CN(c2cccc(C)n2)CCO1. The lowest BCUT2D eigenvalue weighted by Gasteiger charge is -2.33. The van der Waals surface area contributed by atoms with Gasteiger partial charge in [0.1, 0.15) is 23.4 Å². The number of aromatic nitrogens is 3. The molecule has 0 unspecified atom stereocenters. The number of rotatable bonds is 3. The lowest BCUT2D eigenvalue weighted by molar-refractivity contribution is 0.0370. The summed E-state index contributed by atoms with van der Waals surface area (Å²) in [5.74, 6) is 1.75. The molecule has 0 spiro atoms. The number of nitrogens with zero attached hydrogens (tertiary/aromatic N) is 4. The normalized spacial score (nSPS) is 18.6. The number of morpholine rings is 1. The number of anilines is 2. The highest BCUT2D eigenvalue weighted by atomic mass is 16.5. The minimum absolute atomic E-state index is 0.0998. The molecule has 1 aliphatic heterocycles. The maximum Gasteiger partial charge on any atom is 0.150 e. The summed E-state index contributed by atoms with van der Waals surface area (Å²) in [5, 5.41) is 3.07. The average Bonchev–Trinajstić information content (AvgIpc) is 2.55. The van der Waals surface area contributed by atoms with Gasteiger partial charge in [-0.15, -0.1) is 0 Å². The van der Waals surface area contributed by atoms with Crippen molar-refractivity contribution in [3.05, 3.63) is 42.0 Å². The van der Waals surface area contributed by atoms with E-state index in [1.54, 1.807) is 12.4 Å². The van der Waals surface area contributed by atoms with Gasteiger partial charge in [-0.3, -0.25) is 4.98 Å². The van der Waals surface area contributed by atoms with Gasteiger partial charge in [-0.2, -0.15) is 0 Å². The van der Waals surface area contributed by atoms with Crippen molar-refractivity contribution in [2.24, 2.45) is 0 Å². The van der Waals surface area contributed by atoms with Crippen LogP contribution in [0.2, 0.25) is 0 Å². The van der Waals surface area contributed by atoms with Gasteiger partial charge >= 0.3 is 0 Å². The van der Waals surface area contributed by atoms with Crippen molar-refractivity contribution in [3.63, 3.8) is 0 Å². The van der Waals surface area contributed by atoms with E-state index in [1.165, 1.54) is 0 Å². The Balaban J connectivity index is 1.83. The fraction of sp³-hybridized carbons (Fsp3) is 0.400. The lowest BCUT2D eigenvalue weighted by Crippen LogP contribution is -2.39. The van der Waals surface area contributed by atoms with E-state index >= 15 is 0 Å². The van der Waals surface area contributed by atoms with Crippen molar-refractivity contribution < 1.29 is 4.74 Å². The first-order chi connectivity index (χ1) is 10.3. The highest BCUT2D eigenvalue weighted by Crippen LogP contribution is 2.27. The van der Waals surface area contributed by atoms with Gasteiger partial charge in [0.05, 0.1) is 13.2 Å². The molecule has 2 aromatic rings. The zero-order chi connectivity index (χ0) is 14.7. The molecule has 6 nitrogen and oxygen atoms in total. The van der Waals surface area contributed by atoms with Crippen LogP contribution in [0.25, 0.3) is 0 Å². The summed E-state index contributed by atoms with van der Waals surface area (Å²) in [7, 11) is 1.84. The predicted molar refractivity (Wildman–Crippen MR) is 81.5 cm³/mol. The number of pyridine rings is 1. The molecular weight excluding hydrogens is 266 g/mol. The van der Waals surface area contributed by atoms with E-state index in [2.05, 4.69) is 25.2 Å². The van der Waals surface area contributed by atoms with E-state index in [-0.39, 0.29) is 6.10 Å². The molecule has 0 aromatic carbocycles. The van der Waals surface area contributed by atoms with Gasteiger partial charge in [0.15, 0.2) is 0 Å². The van der Waals surface area contributed by atoms with E-state index in [1.807, 2.05) is 32.2 Å². The summed E-state index contributed by atoms with van der Waals surface area (Å²) in [4.78, 5) is 15.5. The highest BCUT2D eigenvalue weighted by molar-refractivity contribution is 5.44. The topological polar surface area (TPSA) is 63.2 Å². The molecule has 2 aromatic heterocycles. The Hall–Kier alpha value is -2.21. The zero-order valence-electron chi connectivity index (χ0n) is 12.3. The molecule has 1 N–H and O–H groups in total. The molecule has 6 heteroatoms. The van der Waals surface area contributed by atoms with Crippen LogP contribution in [-0.2, 0) is 4.74 Å². The molecule has 3 rings (SSSR count). The second-order valence-electron chi connectivity index (χ2n) is 4.98. The quantitative estimate of drug-likeness (QED) is 0.928. The highest BCUT2D eigenvalue weighted by Gasteiger charge is 2.26. The van der Waals surface area contributed by atoms with Gasteiger partial charge < -0.3 is 15.0 Å². The summed E-state index contributed by atoms with van der Waals surface area (Å²) >= 11 is 0. The van der Waals surface area contributed by atoms with E-state index in [0.29, 0.717) is 6.61 Å². The van der Waals surface area contributed by atoms with Gasteiger partial charge in [0, 0.05) is 31.7 Å². The van der Waals surface area contributed by atoms with Gasteiger partial charge in [0.25, 0.3) is 0 Å². The van der Waals surface area contributed by atoms with E-state index in [9.17, 15) is 0 Å². The van der Waals surface area contributed by atoms with Gasteiger partial charge in [-0.25, -0.2) is 9.97 Å². The van der Waals surface area contributed by atoms with Crippen LogP contribution in [0.4, 0.5) is 11.6 Å². The van der Waals surface area contributed by atoms with Gasteiger partial charge in [-0.1, -0.05) is 6.07 Å². The summed E-state index contributed by atoms with van der Waals surface area (Å²) < 4.78 is 5.88. The van der Waals surface area contributed by atoms with Crippen molar-refractivity contribution in [2.75, 3.05) is 37.0 Å². The van der Waals surface area contributed by atoms with E-state index < -0.39 is 0 Å². The van der Waals surface area contributed by atoms with Crippen LogP contribution in [0.15, 0.2) is 30.6 Å². The number of hydrogen-bond donors (Lipinski definition) is 1. The van der Waals surface area contributed by atoms with Crippen LogP contribution < -0.4 is 10.2 Å². The van der Waals surface area contributed by atoms with Gasteiger partial charge in [-0.05, 0) is 19.1 Å². The molecule has 0 amide bonds. The molecule has 0 radical (unpaired) electrons. The van der Waals surface area contributed by atoms with Crippen LogP contribution in [0.3, 0.4) is 0 Å². The maximum atomic E-state index is 5.88. The summed E-state index contributed by atoms with van der Waals surface area (Å²) in [6.07, 6.45) is 3.28. The lowest BCUT2D eigenvalue weighted by atomic mass is 10.2. The molecule has 0 saturated carbocycles. The van der Waals surface area contributed by atoms with Crippen molar-refractivity contribution in [3.8, 4) is 0 Å². The van der Waals surface area contributed by atoms with Crippen LogP contribution in [0, 0.1) is 6.92 Å². The zero-order valence-corrected chi connectivity index (χ0v) is 12.3. The van der Waals surface area contributed by atoms with Crippen molar-refractivity contribution in [1.82, 2.24) is 15.0 Å². The Morgan fingerprint density at radius 2 is 2.14 bits per heavy atom. The maximum absolute atomic E-state index is 5.88. The molecule has 1 fully saturated rings. The van der Waals surface area contributed by atoms with Crippen molar-refractivity contribution in [2.45, 2.75) is 13.0 Å². The largest absolute Gasteiger partial charge is 0.372 e. The Morgan fingerprint density at radius 1 is 1.29 bits per heavy atom. The third-order valence-electron chi connectivity index (χ3n) is 3.53. The molecule has 0 aliphatic carbocycles. The van der Waals surface area contributed by atoms with E-state index in [4.69, 9.17) is 4.74 Å². The summed E-state index contributed by atoms with van der Waals surface area (Å²) in [6.45, 7) is 4.22. The minimum Gasteiger partial charge on any atom is -0.372 e. The second kappa shape index (κ2) is 6.05. The molecule has 21 heavy (non-hydrogen) atoms. The third-order valence-corrected chi connectivity index (χ3v) is 3.53.